The van der Waals surface area contributed by atoms with E-state index in [1.165, 1.54) is 11.3 Å². The highest BCUT2D eigenvalue weighted by Crippen LogP contribution is 2.23. The summed E-state index contributed by atoms with van der Waals surface area (Å²) in [6.07, 6.45) is 0.786. The molecule has 0 saturated heterocycles. The molecule has 0 aromatic carbocycles. The molecule has 0 N–H and O–H groups in total. The zero-order valence-electron chi connectivity index (χ0n) is 4.85. The second-order valence-electron chi connectivity index (χ2n) is 1.67. The van der Waals surface area contributed by atoms with Gasteiger partial charge in [-0.2, -0.15) is 0 Å². The highest BCUT2D eigenvalue weighted by atomic mass is 35.5. The van der Waals surface area contributed by atoms with Crippen molar-refractivity contribution >= 4 is 29.2 Å². The summed E-state index contributed by atoms with van der Waals surface area (Å²) in [5.74, 6) is 0. The molecule has 1 heterocycles. The fourth-order valence-electron chi connectivity index (χ4n) is 0.575. The number of carbonyl (C=O) groups is 1. The Morgan fingerprint density at radius 2 is 2.44 bits per heavy atom. The van der Waals surface area contributed by atoms with Crippen LogP contribution < -0.4 is 0 Å². The lowest BCUT2D eigenvalue weighted by Gasteiger charge is -1.83. The Bertz CT molecular complexity index is 209. The van der Waals surface area contributed by atoms with Gasteiger partial charge < -0.3 is 0 Å². The van der Waals surface area contributed by atoms with Crippen LogP contribution in [-0.2, 0) is 0 Å². The molecule has 0 aliphatic carbocycles. The Morgan fingerprint density at radius 3 is 2.67 bits per heavy atom. The molecule has 0 aliphatic rings. The molecular formula is C6H5ClOS. The van der Waals surface area contributed by atoms with E-state index in [1.54, 1.807) is 5.38 Å². The summed E-state index contributed by atoms with van der Waals surface area (Å²) in [4.78, 5) is 11.2. The molecule has 1 rings (SSSR count). The van der Waals surface area contributed by atoms with E-state index in [0.29, 0.717) is 10.6 Å². The van der Waals surface area contributed by atoms with Gasteiger partial charge in [-0.3, -0.25) is 4.79 Å². The zero-order valence-corrected chi connectivity index (χ0v) is 6.42. The van der Waals surface area contributed by atoms with Gasteiger partial charge in [0.1, 0.15) is 0 Å². The number of halogens is 1. The van der Waals surface area contributed by atoms with Crippen molar-refractivity contribution in [1.82, 2.24) is 0 Å². The average Bonchev–Trinajstić information content (AvgIpc) is 2.12. The number of thiophene rings is 1. The second kappa shape index (κ2) is 2.50. The van der Waals surface area contributed by atoms with Gasteiger partial charge in [-0.1, -0.05) is 11.6 Å². The van der Waals surface area contributed by atoms with Gasteiger partial charge >= 0.3 is 0 Å². The quantitative estimate of drug-likeness (QED) is 0.577. The average molecular weight is 161 g/mol. The summed E-state index contributed by atoms with van der Waals surface area (Å²) in [5, 5.41) is 2.33. The fourth-order valence-corrected chi connectivity index (χ4v) is 1.64. The van der Waals surface area contributed by atoms with Gasteiger partial charge in [0.25, 0.3) is 0 Å². The van der Waals surface area contributed by atoms with Crippen LogP contribution in [0.5, 0.6) is 0 Å². The van der Waals surface area contributed by atoms with Gasteiger partial charge in [-0.05, 0) is 6.92 Å². The SMILES string of the molecule is Cc1scc(Cl)c1C=O. The van der Waals surface area contributed by atoms with Crippen molar-refractivity contribution in [1.29, 1.82) is 0 Å². The highest BCUT2D eigenvalue weighted by molar-refractivity contribution is 7.10. The highest BCUT2D eigenvalue weighted by Gasteiger charge is 2.02. The van der Waals surface area contributed by atoms with E-state index in [9.17, 15) is 4.79 Å². The first-order chi connectivity index (χ1) is 4.25. The largest absolute Gasteiger partial charge is 0.298 e. The van der Waals surface area contributed by atoms with E-state index in [0.717, 1.165) is 11.2 Å². The lowest BCUT2D eigenvalue weighted by Crippen LogP contribution is -1.76. The van der Waals surface area contributed by atoms with E-state index < -0.39 is 0 Å². The van der Waals surface area contributed by atoms with Crippen LogP contribution in [0.2, 0.25) is 5.02 Å². The molecule has 48 valence electrons. The van der Waals surface area contributed by atoms with Gasteiger partial charge in [0.15, 0.2) is 6.29 Å². The Morgan fingerprint density at radius 1 is 1.78 bits per heavy atom. The predicted molar refractivity (Wildman–Crippen MR) is 39.5 cm³/mol. The van der Waals surface area contributed by atoms with Crippen molar-refractivity contribution in [2.45, 2.75) is 6.92 Å². The summed E-state index contributed by atoms with van der Waals surface area (Å²) < 4.78 is 0. The summed E-state index contributed by atoms with van der Waals surface area (Å²) in [7, 11) is 0. The van der Waals surface area contributed by atoms with E-state index in [2.05, 4.69) is 0 Å². The summed E-state index contributed by atoms with van der Waals surface area (Å²) in [6.45, 7) is 1.88. The molecular weight excluding hydrogens is 156 g/mol. The lowest BCUT2D eigenvalue weighted by atomic mass is 10.3. The van der Waals surface area contributed by atoms with Crippen molar-refractivity contribution in [2.75, 3.05) is 0 Å². The van der Waals surface area contributed by atoms with Gasteiger partial charge in [0.05, 0.1) is 5.02 Å². The third-order valence-electron chi connectivity index (χ3n) is 1.09. The molecule has 0 radical (unpaired) electrons. The standard InChI is InChI=1S/C6H5ClOS/c1-4-5(2-8)6(7)3-9-4/h2-3H,1H3. The van der Waals surface area contributed by atoms with Crippen LogP contribution >= 0.6 is 22.9 Å². The van der Waals surface area contributed by atoms with E-state index in [1.807, 2.05) is 6.92 Å². The Labute approximate surface area is 62.3 Å². The molecule has 1 aromatic heterocycles. The van der Waals surface area contributed by atoms with Crippen molar-refractivity contribution in [3.63, 3.8) is 0 Å². The first-order valence-electron chi connectivity index (χ1n) is 2.44. The minimum absolute atomic E-state index is 0.563. The first kappa shape index (κ1) is 6.78. The minimum atomic E-state index is 0.563. The summed E-state index contributed by atoms with van der Waals surface area (Å²) in [5.41, 5.74) is 0.627. The minimum Gasteiger partial charge on any atom is -0.298 e. The summed E-state index contributed by atoms with van der Waals surface area (Å²) >= 11 is 7.12. The monoisotopic (exact) mass is 160 g/mol. The van der Waals surface area contributed by atoms with E-state index in [-0.39, 0.29) is 0 Å². The molecule has 0 unspecified atom stereocenters. The van der Waals surface area contributed by atoms with E-state index >= 15 is 0 Å². The van der Waals surface area contributed by atoms with Crippen LogP contribution in [0.15, 0.2) is 5.38 Å². The number of hydrogen-bond donors (Lipinski definition) is 0. The fraction of sp³-hybridized carbons (Fsp3) is 0.167. The molecule has 0 atom stereocenters. The molecule has 1 nitrogen and oxygen atoms in total. The topological polar surface area (TPSA) is 17.1 Å². The maximum atomic E-state index is 10.2. The smallest absolute Gasteiger partial charge is 0.152 e. The number of carbonyl (C=O) groups excluding carboxylic acids is 1. The maximum absolute atomic E-state index is 10.2. The number of hydrogen-bond acceptors (Lipinski definition) is 2. The van der Waals surface area contributed by atoms with Crippen LogP contribution in [0.4, 0.5) is 0 Å². The predicted octanol–water partition coefficient (Wildman–Crippen LogP) is 2.52. The maximum Gasteiger partial charge on any atom is 0.152 e. The third-order valence-corrected chi connectivity index (χ3v) is 2.46. The van der Waals surface area contributed by atoms with Crippen molar-refractivity contribution in [3.8, 4) is 0 Å². The van der Waals surface area contributed by atoms with Gasteiger partial charge in [0.2, 0.25) is 0 Å². The van der Waals surface area contributed by atoms with Crippen LogP contribution in [-0.4, -0.2) is 6.29 Å². The van der Waals surface area contributed by atoms with Crippen LogP contribution in [0.3, 0.4) is 0 Å². The van der Waals surface area contributed by atoms with Crippen LogP contribution in [0.1, 0.15) is 15.2 Å². The van der Waals surface area contributed by atoms with Crippen LogP contribution in [0, 0.1) is 6.92 Å². The molecule has 0 saturated carbocycles. The Kier molecular flexibility index (Phi) is 1.88. The summed E-state index contributed by atoms with van der Waals surface area (Å²) in [6, 6.07) is 0. The molecule has 0 bridgehead atoms. The number of aldehydes is 1. The molecule has 0 fully saturated rings. The molecule has 1 aromatic rings. The molecule has 9 heavy (non-hydrogen) atoms. The van der Waals surface area contributed by atoms with Gasteiger partial charge in [-0.15, -0.1) is 11.3 Å². The third kappa shape index (κ3) is 1.14. The Balaban J connectivity index is 3.22. The van der Waals surface area contributed by atoms with Gasteiger partial charge in [-0.25, -0.2) is 0 Å². The Hall–Kier alpha value is -0.340. The van der Waals surface area contributed by atoms with E-state index in [4.69, 9.17) is 11.6 Å². The molecule has 0 amide bonds. The normalized spacial score (nSPS) is 9.56. The van der Waals surface area contributed by atoms with Crippen molar-refractivity contribution in [2.24, 2.45) is 0 Å². The van der Waals surface area contributed by atoms with Gasteiger partial charge in [0, 0.05) is 15.8 Å². The van der Waals surface area contributed by atoms with Crippen molar-refractivity contribution < 1.29 is 4.79 Å². The first-order valence-corrected chi connectivity index (χ1v) is 3.70. The second-order valence-corrected chi connectivity index (χ2v) is 3.16. The van der Waals surface area contributed by atoms with Crippen LogP contribution in [0.25, 0.3) is 0 Å². The molecule has 0 spiro atoms. The number of rotatable bonds is 1. The zero-order chi connectivity index (χ0) is 6.85. The molecule has 3 heteroatoms. The lowest BCUT2D eigenvalue weighted by molar-refractivity contribution is 0.112. The molecule has 0 aliphatic heterocycles. The van der Waals surface area contributed by atoms with Crippen molar-refractivity contribution in [3.05, 3.63) is 20.8 Å². The number of aryl methyl sites for hydroxylation is 1.